The summed E-state index contributed by atoms with van der Waals surface area (Å²) in [7, 11) is 3.38. The van der Waals surface area contributed by atoms with Gasteiger partial charge in [-0.15, -0.1) is 5.10 Å². The number of tetrazole rings is 1. The Labute approximate surface area is 189 Å². The first-order chi connectivity index (χ1) is 15.4. The summed E-state index contributed by atoms with van der Waals surface area (Å²) in [6.45, 7) is 10.0. The molecule has 1 aliphatic rings. The number of methoxy groups -OCH3 is 2. The summed E-state index contributed by atoms with van der Waals surface area (Å²) in [5.74, 6) is 2.58. The largest absolute Gasteiger partial charge is 0.497 e. The lowest BCUT2D eigenvalue weighted by Gasteiger charge is -2.40. The summed E-state index contributed by atoms with van der Waals surface area (Å²) in [6.07, 6.45) is 0. The second-order valence-electron chi connectivity index (χ2n) is 9.02. The number of anilines is 1. The minimum Gasteiger partial charge on any atom is -0.497 e. The van der Waals surface area contributed by atoms with Crippen molar-refractivity contribution in [2.24, 2.45) is 0 Å². The number of hydrogen-bond donors (Lipinski definition) is 0. The van der Waals surface area contributed by atoms with Crippen LogP contribution in [0.3, 0.4) is 0 Å². The van der Waals surface area contributed by atoms with E-state index in [-0.39, 0.29) is 11.6 Å². The van der Waals surface area contributed by atoms with Crippen LogP contribution in [-0.2, 0) is 5.54 Å². The number of ether oxygens (including phenoxy) is 2. The van der Waals surface area contributed by atoms with E-state index >= 15 is 0 Å². The van der Waals surface area contributed by atoms with Gasteiger partial charge in [-0.05, 0) is 73.2 Å². The van der Waals surface area contributed by atoms with Crippen molar-refractivity contribution in [3.05, 3.63) is 59.9 Å². The average molecular weight is 437 g/mol. The molecule has 170 valence electrons. The van der Waals surface area contributed by atoms with E-state index < -0.39 is 0 Å². The molecule has 0 amide bonds. The Morgan fingerprint density at radius 3 is 1.91 bits per heavy atom. The Hall–Kier alpha value is -3.13. The minimum absolute atomic E-state index is 0.0341. The van der Waals surface area contributed by atoms with E-state index in [2.05, 4.69) is 70.4 Å². The fraction of sp³-hybridized carbons (Fsp3) is 0.458. The van der Waals surface area contributed by atoms with Gasteiger partial charge >= 0.3 is 0 Å². The van der Waals surface area contributed by atoms with Gasteiger partial charge in [-0.2, -0.15) is 0 Å². The Kier molecular flexibility index (Phi) is 6.32. The van der Waals surface area contributed by atoms with Crippen molar-refractivity contribution in [1.82, 2.24) is 25.1 Å². The van der Waals surface area contributed by atoms with Crippen LogP contribution in [0.15, 0.2) is 48.5 Å². The van der Waals surface area contributed by atoms with Crippen LogP contribution in [0.25, 0.3) is 0 Å². The summed E-state index contributed by atoms with van der Waals surface area (Å²) in [5.41, 5.74) is 2.16. The summed E-state index contributed by atoms with van der Waals surface area (Å²) in [6, 6.07) is 16.5. The lowest BCUT2D eigenvalue weighted by Crippen LogP contribution is -2.48. The van der Waals surface area contributed by atoms with Gasteiger partial charge in [-0.1, -0.05) is 12.1 Å². The fourth-order valence-electron chi connectivity index (χ4n) is 4.18. The van der Waals surface area contributed by atoms with Crippen molar-refractivity contribution in [2.45, 2.75) is 32.4 Å². The van der Waals surface area contributed by atoms with Crippen molar-refractivity contribution in [2.75, 3.05) is 45.3 Å². The van der Waals surface area contributed by atoms with Crippen LogP contribution in [0.1, 0.15) is 38.2 Å². The molecule has 8 nitrogen and oxygen atoms in total. The Bertz CT molecular complexity index is 1000. The highest BCUT2D eigenvalue weighted by molar-refractivity contribution is 5.49. The van der Waals surface area contributed by atoms with Crippen molar-refractivity contribution in [1.29, 1.82) is 0 Å². The zero-order valence-corrected chi connectivity index (χ0v) is 19.5. The highest BCUT2D eigenvalue weighted by Crippen LogP contribution is 2.32. The third kappa shape index (κ3) is 4.55. The molecule has 1 aliphatic heterocycles. The number of nitrogens with zero attached hydrogens (tertiary/aromatic N) is 6. The Morgan fingerprint density at radius 1 is 0.812 bits per heavy atom. The molecule has 3 aromatic rings. The maximum absolute atomic E-state index is 5.37. The molecule has 1 fully saturated rings. The van der Waals surface area contributed by atoms with Crippen molar-refractivity contribution < 1.29 is 9.47 Å². The van der Waals surface area contributed by atoms with Crippen LogP contribution < -0.4 is 14.4 Å². The zero-order chi connectivity index (χ0) is 22.7. The molecule has 0 bridgehead atoms. The van der Waals surface area contributed by atoms with Crippen molar-refractivity contribution in [3.63, 3.8) is 0 Å². The maximum Gasteiger partial charge on any atom is 0.173 e. The molecule has 0 N–H and O–H groups in total. The van der Waals surface area contributed by atoms with Crippen LogP contribution in [0, 0.1) is 0 Å². The molecule has 1 atom stereocenters. The molecule has 0 saturated carbocycles. The Morgan fingerprint density at radius 2 is 1.38 bits per heavy atom. The van der Waals surface area contributed by atoms with Crippen LogP contribution >= 0.6 is 0 Å². The van der Waals surface area contributed by atoms with Crippen LogP contribution in [-0.4, -0.2) is 65.5 Å². The number of rotatable bonds is 6. The van der Waals surface area contributed by atoms with Gasteiger partial charge in [-0.25, -0.2) is 4.68 Å². The summed E-state index contributed by atoms with van der Waals surface area (Å²) < 4.78 is 12.6. The zero-order valence-electron chi connectivity index (χ0n) is 19.5. The van der Waals surface area contributed by atoms with Gasteiger partial charge in [0.1, 0.15) is 11.5 Å². The molecule has 1 saturated heterocycles. The standard InChI is InChI=1S/C24H32N6O2/c1-24(2,3)30-23(25-26-27-30)22(18-6-10-20(31-4)11-7-18)29-16-14-28(15-17-29)19-8-12-21(32-5)13-9-19/h6-13,22H,14-17H2,1-5H3. The smallest absolute Gasteiger partial charge is 0.173 e. The Balaban J connectivity index is 1.60. The number of aromatic nitrogens is 4. The maximum atomic E-state index is 5.37. The van der Waals surface area contributed by atoms with Gasteiger partial charge in [0, 0.05) is 31.9 Å². The fourth-order valence-corrected chi connectivity index (χ4v) is 4.18. The van der Waals surface area contributed by atoms with Gasteiger partial charge in [0.05, 0.1) is 25.8 Å². The second-order valence-corrected chi connectivity index (χ2v) is 9.02. The van der Waals surface area contributed by atoms with Crippen LogP contribution in [0.2, 0.25) is 0 Å². The first kappa shape index (κ1) is 22.1. The monoisotopic (exact) mass is 436 g/mol. The lowest BCUT2D eigenvalue weighted by atomic mass is 10.0. The van der Waals surface area contributed by atoms with Crippen molar-refractivity contribution in [3.8, 4) is 11.5 Å². The SMILES string of the molecule is COc1ccc(C(c2nnnn2C(C)(C)C)N2CCN(c3ccc(OC)cc3)CC2)cc1. The van der Waals surface area contributed by atoms with E-state index in [4.69, 9.17) is 9.47 Å². The first-order valence-corrected chi connectivity index (χ1v) is 11.0. The van der Waals surface area contributed by atoms with Gasteiger partial charge in [0.15, 0.2) is 5.82 Å². The molecule has 8 heteroatoms. The molecular weight excluding hydrogens is 404 g/mol. The van der Waals surface area contributed by atoms with Crippen molar-refractivity contribution >= 4 is 5.69 Å². The topological polar surface area (TPSA) is 68.5 Å². The first-order valence-electron chi connectivity index (χ1n) is 11.0. The van der Waals surface area contributed by atoms with Gasteiger partial charge in [0.2, 0.25) is 0 Å². The summed E-state index contributed by atoms with van der Waals surface area (Å²) in [5, 5.41) is 12.8. The molecule has 1 aromatic heterocycles. The molecule has 0 radical (unpaired) electrons. The molecule has 1 unspecified atom stereocenters. The molecule has 0 aliphatic carbocycles. The third-order valence-corrected chi connectivity index (χ3v) is 5.92. The van der Waals surface area contributed by atoms with E-state index in [1.807, 2.05) is 28.9 Å². The third-order valence-electron chi connectivity index (χ3n) is 5.92. The molecular formula is C24H32N6O2. The molecule has 2 heterocycles. The second kappa shape index (κ2) is 9.16. The van der Waals surface area contributed by atoms with E-state index in [0.29, 0.717) is 0 Å². The molecule has 2 aromatic carbocycles. The quantitative estimate of drug-likeness (QED) is 0.587. The van der Waals surface area contributed by atoms with Gasteiger partial charge in [0.25, 0.3) is 0 Å². The predicted molar refractivity (Wildman–Crippen MR) is 124 cm³/mol. The molecule has 0 spiro atoms. The van der Waals surface area contributed by atoms with E-state index in [1.165, 1.54) is 5.69 Å². The van der Waals surface area contributed by atoms with Crippen LogP contribution in [0.4, 0.5) is 5.69 Å². The van der Waals surface area contributed by atoms with Gasteiger partial charge in [-0.3, -0.25) is 4.90 Å². The summed E-state index contributed by atoms with van der Waals surface area (Å²) in [4.78, 5) is 4.88. The summed E-state index contributed by atoms with van der Waals surface area (Å²) >= 11 is 0. The molecule has 32 heavy (non-hydrogen) atoms. The predicted octanol–water partition coefficient (Wildman–Crippen LogP) is 3.36. The van der Waals surface area contributed by atoms with Gasteiger partial charge < -0.3 is 14.4 Å². The lowest BCUT2D eigenvalue weighted by molar-refractivity contribution is 0.191. The van der Waals surface area contributed by atoms with E-state index in [9.17, 15) is 0 Å². The van der Waals surface area contributed by atoms with Crippen LogP contribution in [0.5, 0.6) is 11.5 Å². The number of hydrogen-bond acceptors (Lipinski definition) is 7. The average Bonchev–Trinajstić information content (AvgIpc) is 3.30. The highest BCUT2D eigenvalue weighted by Gasteiger charge is 2.33. The minimum atomic E-state index is -0.214. The molecule has 4 rings (SSSR count). The highest BCUT2D eigenvalue weighted by atomic mass is 16.5. The normalized spacial score (nSPS) is 16.1. The van der Waals surface area contributed by atoms with E-state index in [0.717, 1.165) is 49.1 Å². The van der Waals surface area contributed by atoms with E-state index in [1.54, 1.807) is 14.2 Å². The number of piperazine rings is 1. The number of benzene rings is 2.